The Bertz CT molecular complexity index is 849. The maximum Gasteiger partial charge on any atom is 0.401 e. The number of piperazine rings is 1. The summed E-state index contributed by atoms with van der Waals surface area (Å²) in [5.74, 6) is 0.515. The zero-order valence-electron chi connectivity index (χ0n) is 16.6. The molecule has 0 radical (unpaired) electrons. The fourth-order valence-corrected chi connectivity index (χ4v) is 4.20. The summed E-state index contributed by atoms with van der Waals surface area (Å²) in [5, 5.41) is 2.41. The molecular formula is C20H24F3N3O2S. The minimum absolute atomic E-state index is 0.175. The van der Waals surface area contributed by atoms with Crippen molar-refractivity contribution in [2.45, 2.75) is 32.5 Å². The molecule has 9 heteroatoms. The number of nitrogens with zero attached hydrogens (tertiary/aromatic N) is 3. The molecule has 158 valence electrons. The van der Waals surface area contributed by atoms with E-state index in [0.717, 1.165) is 11.3 Å². The zero-order chi connectivity index (χ0) is 21.2. The summed E-state index contributed by atoms with van der Waals surface area (Å²) < 4.78 is 43.8. The quantitative estimate of drug-likeness (QED) is 0.714. The molecule has 1 aromatic carbocycles. The van der Waals surface area contributed by atoms with Gasteiger partial charge in [0.15, 0.2) is 0 Å². The Hall–Kier alpha value is -2.13. The fourth-order valence-electron chi connectivity index (χ4n) is 3.40. The molecule has 1 aliphatic heterocycles. The lowest BCUT2D eigenvalue weighted by atomic mass is 9.98. The van der Waals surface area contributed by atoms with E-state index in [1.807, 2.05) is 31.2 Å². The highest BCUT2D eigenvalue weighted by atomic mass is 32.1. The van der Waals surface area contributed by atoms with Crippen LogP contribution in [0.5, 0.6) is 5.75 Å². The molecule has 29 heavy (non-hydrogen) atoms. The minimum Gasteiger partial charge on any atom is -0.494 e. The molecule has 1 amide bonds. The number of aromatic nitrogens is 1. The van der Waals surface area contributed by atoms with Gasteiger partial charge in [-0.1, -0.05) is 0 Å². The molecule has 2 aromatic rings. The van der Waals surface area contributed by atoms with Crippen molar-refractivity contribution >= 4 is 17.2 Å². The van der Waals surface area contributed by atoms with Gasteiger partial charge in [-0.05, 0) is 45.0 Å². The van der Waals surface area contributed by atoms with Crippen molar-refractivity contribution in [1.29, 1.82) is 0 Å². The van der Waals surface area contributed by atoms with Crippen LogP contribution in [-0.2, 0) is 0 Å². The van der Waals surface area contributed by atoms with Gasteiger partial charge in [-0.15, -0.1) is 11.3 Å². The highest BCUT2D eigenvalue weighted by Gasteiger charge is 2.41. The van der Waals surface area contributed by atoms with Gasteiger partial charge >= 0.3 is 6.18 Å². The Morgan fingerprint density at radius 2 is 1.93 bits per heavy atom. The Morgan fingerprint density at radius 1 is 1.24 bits per heavy atom. The topological polar surface area (TPSA) is 45.7 Å². The summed E-state index contributed by atoms with van der Waals surface area (Å²) in [4.78, 5) is 20.3. The smallest absolute Gasteiger partial charge is 0.401 e. The Balaban J connectivity index is 1.69. The van der Waals surface area contributed by atoms with Gasteiger partial charge in [0.2, 0.25) is 0 Å². The van der Waals surface area contributed by atoms with E-state index in [0.29, 0.717) is 17.3 Å². The number of halogens is 3. The molecule has 0 spiro atoms. The van der Waals surface area contributed by atoms with Crippen molar-refractivity contribution in [2.75, 3.05) is 32.8 Å². The third kappa shape index (κ3) is 5.27. The molecule has 1 saturated heterocycles. The number of carbonyl (C=O) groups is 1. The van der Waals surface area contributed by atoms with Gasteiger partial charge in [0.05, 0.1) is 13.2 Å². The second kappa shape index (κ2) is 8.31. The molecule has 0 N–H and O–H groups in total. The number of hydrogen-bond acceptors (Lipinski definition) is 5. The van der Waals surface area contributed by atoms with Gasteiger partial charge in [0.25, 0.3) is 5.91 Å². The number of alkyl halides is 3. The molecule has 0 saturated carbocycles. The number of rotatable bonds is 5. The summed E-state index contributed by atoms with van der Waals surface area (Å²) in [6.45, 7) is 5.62. The summed E-state index contributed by atoms with van der Waals surface area (Å²) >= 11 is 1.36. The standard InChI is InChI=1S/C20H24F3N3O2S/c1-4-28-15-7-5-14(6-8-15)17-24-16(11-29-17)18(27)25-9-10-26(13-20(21,22)23)19(2,3)12-25/h5-8,11H,4,9-10,12-13H2,1-3H3. The van der Waals surface area contributed by atoms with Crippen molar-refractivity contribution in [3.8, 4) is 16.3 Å². The second-order valence-electron chi connectivity index (χ2n) is 7.57. The van der Waals surface area contributed by atoms with Crippen LogP contribution in [0.4, 0.5) is 13.2 Å². The number of benzene rings is 1. The van der Waals surface area contributed by atoms with Crippen LogP contribution in [-0.4, -0.2) is 65.2 Å². The molecule has 2 heterocycles. The van der Waals surface area contributed by atoms with Gasteiger partial charge in [-0.25, -0.2) is 4.98 Å². The van der Waals surface area contributed by atoms with Gasteiger partial charge in [0.1, 0.15) is 16.5 Å². The number of carbonyl (C=O) groups excluding carboxylic acids is 1. The molecule has 0 bridgehead atoms. The molecule has 3 rings (SSSR count). The van der Waals surface area contributed by atoms with Crippen molar-refractivity contribution < 1.29 is 22.7 Å². The average molecular weight is 427 g/mol. The Morgan fingerprint density at radius 3 is 2.52 bits per heavy atom. The molecule has 0 atom stereocenters. The number of amides is 1. The lowest BCUT2D eigenvalue weighted by Gasteiger charge is -2.47. The lowest BCUT2D eigenvalue weighted by molar-refractivity contribution is -0.163. The second-order valence-corrected chi connectivity index (χ2v) is 8.43. The largest absolute Gasteiger partial charge is 0.494 e. The first-order valence-electron chi connectivity index (χ1n) is 9.39. The van der Waals surface area contributed by atoms with E-state index >= 15 is 0 Å². The van der Waals surface area contributed by atoms with Gasteiger partial charge in [-0.2, -0.15) is 13.2 Å². The summed E-state index contributed by atoms with van der Waals surface area (Å²) in [7, 11) is 0. The van der Waals surface area contributed by atoms with Crippen molar-refractivity contribution in [1.82, 2.24) is 14.8 Å². The maximum atomic E-state index is 12.9. The van der Waals surface area contributed by atoms with E-state index in [1.165, 1.54) is 16.2 Å². The molecule has 0 aliphatic carbocycles. The minimum atomic E-state index is -4.26. The van der Waals surface area contributed by atoms with Crippen LogP contribution >= 0.6 is 11.3 Å². The third-order valence-electron chi connectivity index (χ3n) is 4.87. The molecule has 1 aromatic heterocycles. The highest BCUT2D eigenvalue weighted by Crippen LogP contribution is 2.29. The molecule has 5 nitrogen and oxygen atoms in total. The van der Waals surface area contributed by atoms with Crippen LogP contribution in [0.2, 0.25) is 0 Å². The molecule has 1 fully saturated rings. The average Bonchev–Trinajstić information content (AvgIpc) is 3.12. The summed E-state index contributed by atoms with van der Waals surface area (Å²) in [5.41, 5.74) is 0.434. The van der Waals surface area contributed by atoms with Crippen molar-refractivity contribution in [2.24, 2.45) is 0 Å². The molecular weight excluding hydrogens is 403 g/mol. The van der Waals surface area contributed by atoms with E-state index in [1.54, 1.807) is 24.1 Å². The predicted octanol–water partition coefficient (Wildman–Crippen LogP) is 4.31. The van der Waals surface area contributed by atoms with E-state index in [4.69, 9.17) is 4.74 Å². The maximum absolute atomic E-state index is 12.9. The molecule has 1 aliphatic rings. The number of thiazole rings is 1. The van der Waals surface area contributed by atoms with E-state index in [2.05, 4.69) is 4.98 Å². The van der Waals surface area contributed by atoms with Crippen LogP contribution < -0.4 is 4.74 Å². The summed E-state index contributed by atoms with van der Waals surface area (Å²) in [6.07, 6.45) is -4.26. The van der Waals surface area contributed by atoms with Crippen LogP contribution in [0.1, 0.15) is 31.3 Å². The first-order chi connectivity index (χ1) is 13.6. The predicted molar refractivity (Wildman–Crippen MR) is 106 cm³/mol. The normalized spacial score (nSPS) is 17.4. The zero-order valence-corrected chi connectivity index (χ0v) is 17.4. The van der Waals surface area contributed by atoms with E-state index < -0.39 is 18.3 Å². The Labute approximate surface area is 172 Å². The summed E-state index contributed by atoms with van der Waals surface area (Å²) in [6, 6.07) is 7.47. The van der Waals surface area contributed by atoms with Crippen LogP contribution in [0, 0.1) is 0 Å². The van der Waals surface area contributed by atoms with Gasteiger partial charge in [0, 0.05) is 36.1 Å². The van der Waals surface area contributed by atoms with Crippen molar-refractivity contribution in [3.05, 3.63) is 35.3 Å². The van der Waals surface area contributed by atoms with E-state index in [-0.39, 0.29) is 25.5 Å². The van der Waals surface area contributed by atoms with Gasteiger partial charge in [-0.3, -0.25) is 9.69 Å². The number of hydrogen-bond donors (Lipinski definition) is 0. The number of ether oxygens (including phenoxy) is 1. The van der Waals surface area contributed by atoms with Crippen LogP contribution in [0.25, 0.3) is 10.6 Å². The molecule has 0 unspecified atom stereocenters. The highest BCUT2D eigenvalue weighted by molar-refractivity contribution is 7.13. The third-order valence-corrected chi connectivity index (χ3v) is 5.76. The van der Waals surface area contributed by atoms with Crippen molar-refractivity contribution in [3.63, 3.8) is 0 Å². The Kier molecular flexibility index (Phi) is 6.19. The first kappa shape index (κ1) is 21.6. The monoisotopic (exact) mass is 427 g/mol. The lowest BCUT2D eigenvalue weighted by Crippen LogP contribution is -2.62. The van der Waals surface area contributed by atoms with Gasteiger partial charge < -0.3 is 9.64 Å². The van der Waals surface area contributed by atoms with E-state index in [9.17, 15) is 18.0 Å². The van der Waals surface area contributed by atoms with Crippen LogP contribution in [0.3, 0.4) is 0 Å². The first-order valence-corrected chi connectivity index (χ1v) is 10.3. The van der Waals surface area contributed by atoms with Crippen LogP contribution in [0.15, 0.2) is 29.6 Å². The fraction of sp³-hybridized carbons (Fsp3) is 0.500. The SMILES string of the molecule is CCOc1ccc(-c2nc(C(=O)N3CCN(CC(F)(F)F)C(C)(C)C3)cs2)cc1.